The molecule has 1 aromatic carbocycles. The van der Waals surface area contributed by atoms with Crippen LogP contribution < -0.4 is 4.90 Å². The maximum absolute atomic E-state index is 13.4. The van der Waals surface area contributed by atoms with Gasteiger partial charge in [-0.25, -0.2) is 8.78 Å². The Labute approximate surface area is 80.4 Å². The molecule has 1 aliphatic rings. The van der Waals surface area contributed by atoms with Gasteiger partial charge in [0, 0.05) is 13.1 Å². The molecule has 1 aromatic rings. The molecule has 0 radical (unpaired) electrons. The summed E-state index contributed by atoms with van der Waals surface area (Å²) in [6.07, 6.45) is 1.00. The Morgan fingerprint density at radius 1 is 1.21 bits per heavy atom. The van der Waals surface area contributed by atoms with Gasteiger partial charge in [-0.15, -0.1) is 0 Å². The van der Waals surface area contributed by atoms with Gasteiger partial charge in [-0.1, -0.05) is 0 Å². The number of anilines is 1. The highest BCUT2D eigenvalue weighted by atomic mass is 19.2. The lowest BCUT2D eigenvalue weighted by molar-refractivity contribution is 0.495. The fraction of sp³-hybridized carbons (Fsp3) is 0.300. The van der Waals surface area contributed by atoms with Crippen LogP contribution in [-0.2, 0) is 0 Å². The molecule has 14 heavy (non-hydrogen) atoms. The summed E-state index contributed by atoms with van der Waals surface area (Å²) < 4.78 is 26.5. The molecule has 0 N–H and O–H groups in total. The molecule has 4 heteroatoms. The van der Waals surface area contributed by atoms with Gasteiger partial charge in [-0.2, -0.15) is 5.26 Å². The van der Waals surface area contributed by atoms with Crippen LogP contribution in [0.1, 0.15) is 12.0 Å². The normalized spacial score (nSPS) is 14.8. The van der Waals surface area contributed by atoms with E-state index in [2.05, 4.69) is 0 Å². The zero-order chi connectivity index (χ0) is 10.1. The highest BCUT2D eigenvalue weighted by Crippen LogP contribution is 2.27. The lowest BCUT2D eigenvalue weighted by Gasteiger charge is -2.33. The molecule has 1 aliphatic heterocycles. The molecule has 72 valence electrons. The predicted molar refractivity (Wildman–Crippen MR) is 47.9 cm³/mol. The molecular weight excluding hydrogens is 186 g/mol. The molecule has 0 saturated carbocycles. The van der Waals surface area contributed by atoms with Crippen molar-refractivity contribution >= 4 is 5.69 Å². The van der Waals surface area contributed by atoms with E-state index in [0.717, 1.165) is 19.5 Å². The van der Waals surface area contributed by atoms with E-state index < -0.39 is 11.6 Å². The maximum atomic E-state index is 13.4. The van der Waals surface area contributed by atoms with Crippen LogP contribution in [0.15, 0.2) is 12.1 Å². The number of nitriles is 1. The van der Waals surface area contributed by atoms with Crippen LogP contribution >= 0.6 is 0 Å². The first-order valence-corrected chi connectivity index (χ1v) is 4.37. The van der Waals surface area contributed by atoms with E-state index in [4.69, 9.17) is 5.26 Å². The van der Waals surface area contributed by atoms with Gasteiger partial charge in [0.2, 0.25) is 0 Å². The molecule has 0 spiro atoms. The van der Waals surface area contributed by atoms with Crippen LogP contribution in [0, 0.1) is 23.0 Å². The average Bonchev–Trinajstić information content (AvgIpc) is 2.10. The van der Waals surface area contributed by atoms with Crippen LogP contribution in [0.3, 0.4) is 0 Å². The summed E-state index contributed by atoms with van der Waals surface area (Å²) in [6.45, 7) is 1.50. The van der Waals surface area contributed by atoms with Crippen LogP contribution in [-0.4, -0.2) is 13.1 Å². The Balaban J connectivity index is 2.44. The van der Waals surface area contributed by atoms with Crippen molar-refractivity contribution < 1.29 is 8.78 Å². The molecule has 0 bridgehead atoms. The molecule has 0 aromatic heterocycles. The Bertz CT molecular complexity index is 405. The monoisotopic (exact) mass is 194 g/mol. The van der Waals surface area contributed by atoms with Gasteiger partial charge in [0.15, 0.2) is 11.6 Å². The van der Waals surface area contributed by atoms with Crippen molar-refractivity contribution in [3.8, 4) is 6.07 Å². The van der Waals surface area contributed by atoms with Gasteiger partial charge in [0.05, 0.1) is 11.3 Å². The van der Waals surface area contributed by atoms with Gasteiger partial charge >= 0.3 is 0 Å². The quantitative estimate of drug-likeness (QED) is 0.684. The Morgan fingerprint density at radius 2 is 1.93 bits per heavy atom. The van der Waals surface area contributed by atoms with E-state index in [0.29, 0.717) is 0 Å². The largest absolute Gasteiger partial charge is 0.369 e. The zero-order valence-electron chi connectivity index (χ0n) is 7.43. The number of benzene rings is 1. The van der Waals surface area contributed by atoms with Crippen LogP contribution in [0.5, 0.6) is 0 Å². The first kappa shape index (κ1) is 8.95. The summed E-state index contributed by atoms with van der Waals surface area (Å²) in [5, 5.41) is 8.47. The fourth-order valence-electron chi connectivity index (χ4n) is 1.43. The molecule has 1 heterocycles. The topological polar surface area (TPSA) is 27.0 Å². The van der Waals surface area contributed by atoms with Crippen molar-refractivity contribution in [2.24, 2.45) is 0 Å². The van der Waals surface area contributed by atoms with Crippen molar-refractivity contribution in [3.05, 3.63) is 29.3 Å². The van der Waals surface area contributed by atoms with Crippen molar-refractivity contribution in [3.63, 3.8) is 0 Å². The lowest BCUT2D eigenvalue weighted by atomic mass is 10.1. The van der Waals surface area contributed by atoms with Crippen molar-refractivity contribution in [2.75, 3.05) is 18.0 Å². The third kappa shape index (κ3) is 1.22. The van der Waals surface area contributed by atoms with Crippen LogP contribution in [0.4, 0.5) is 14.5 Å². The standard InChI is InChI=1S/C10H8F2N2/c11-9-7(6-13)2-3-8(10(9)12)14-4-1-5-14/h2-3H,1,4-5H2. The second-order valence-corrected chi connectivity index (χ2v) is 3.21. The summed E-state index contributed by atoms with van der Waals surface area (Å²) in [6, 6.07) is 4.37. The van der Waals surface area contributed by atoms with Crippen molar-refractivity contribution in [1.82, 2.24) is 0 Å². The minimum absolute atomic E-state index is 0.244. The number of rotatable bonds is 1. The second-order valence-electron chi connectivity index (χ2n) is 3.21. The van der Waals surface area contributed by atoms with Gasteiger partial charge in [0.1, 0.15) is 6.07 Å². The Kier molecular flexibility index (Phi) is 2.08. The highest BCUT2D eigenvalue weighted by Gasteiger charge is 2.21. The molecule has 2 rings (SSSR count). The third-order valence-electron chi connectivity index (χ3n) is 2.38. The van der Waals surface area contributed by atoms with Gasteiger partial charge in [-0.3, -0.25) is 0 Å². The molecule has 0 aliphatic carbocycles. The number of halogens is 2. The summed E-state index contributed by atoms with van der Waals surface area (Å²) in [5.74, 6) is -1.96. The second kappa shape index (κ2) is 3.26. The first-order chi connectivity index (χ1) is 6.74. The summed E-state index contributed by atoms with van der Waals surface area (Å²) in [7, 11) is 0. The van der Waals surface area contributed by atoms with E-state index >= 15 is 0 Å². The maximum Gasteiger partial charge on any atom is 0.183 e. The smallest absolute Gasteiger partial charge is 0.183 e. The van der Waals surface area contributed by atoms with E-state index in [1.165, 1.54) is 12.1 Å². The average molecular weight is 194 g/mol. The number of nitrogens with zero attached hydrogens (tertiary/aromatic N) is 2. The molecule has 1 saturated heterocycles. The van der Waals surface area contributed by atoms with Crippen LogP contribution in [0.2, 0.25) is 0 Å². The fourth-order valence-corrected chi connectivity index (χ4v) is 1.43. The van der Waals surface area contributed by atoms with Gasteiger partial charge in [0.25, 0.3) is 0 Å². The van der Waals surface area contributed by atoms with Crippen molar-refractivity contribution in [2.45, 2.75) is 6.42 Å². The van der Waals surface area contributed by atoms with E-state index in [-0.39, 0.29) is 11.3 Å². The summed E-state index contributed by atoms with van der Waals surface area (Å²) in [4.78, 5) is 1.75. The third-order valence-corrected chi connectivity index (χ3v) is 2.38. The number of hydrogen-bond acceptors (Lipinski definition) is 2. The van der Waals surface area contributed by atoms with Crippen molar-refractivity contribution in [1.29, 1.82) is 5.26 Å². The molecular formula is C10H8F2N2. The first-order valence-electron chi connectivity index (χ1n) is 4.37. The molecule has 0 amide bonds. The summed E-state index contributed by atoms with van der Waals surface area (Å²) >= 11 is 0. The predicted octanol–water partition coefficient (Wildman–Crippen LogP) is 2.05. The molecule has 1 fully saturated rings. The lowest BCUT2D eigenvalue weighted by Crippen LogP contribution is -2.37. The summed E-state index contributed by atoms with van der Waals surface area (Å²) in [5.41, 5.74) is 0.0134. The molecule has 0 unspecified atom stereocenters. The zero-order valence-corrected chi connectivity index (χ0v) is 7.43. The Morgan fingerprint density at radius 3 is 2.43 bits per heavy atom. The van der Waals surface area contributed by atoms with Gasteiger partial charge in [-0.05, 0) is 18.6 Å². The van der Waals surface area contributed by atoms with E-state index in [1.54, 1.807) is 11.0 Å². The minimum Gasteiger partial charge on any atom is -0.369 e. The minimum atomic E-state index is -1.04. The van der Waals surface area contributed by atoms with E-state index in [1.807, 2.05) is 0 Å². The SMILES string of the molecule is N#Cc1ccc(N2CCC2)c(F)c1F. The molecule has 2 nitrogen and oxygen atoms in total. The van der Waals surface area contributed by atoms with Crippen LogP contribution in [0.25, 0.3) is 0 Å². The van der Waals surface area contributed by atoms with E-state index in [9.17, 15) is 8.78 Å². The van der Waals surface area contributed by atoms with Gasteiger partial charge < -0.3 is 4.90 Å². The highest BCUT2D eigenvalue weighted by molar-refractivity contribution is 5.53. The Hall–Kier alpha value is -1.63. The number of hydrogen-bond donors (Lipinski definition) is 0. The molecule has 0 atom stereocenters.